The van der Waals surface area contributed by atoms with E-state index >= 15 is 0 Å². The Morgan fingerprint density at radius 3 is 2.40 bits per heavy atom. The van der Waals surface area contributed by atoms with E-state index in [2.05, 4.69) is 25.9 Å². The molecule has 1 aromatic carbocycles. The quantitative estimate of drug-likeness (QED) is 0.800. The van der Waals surface area contributed by atoms with Crippen molar-refractivity contribution in [2.75, 3.05) is 0 Å². The molecule has 0 aliphatic carbocycles. The zero-order valence-electron chi connectivity index (χ0n) is 7.93. The van der Waals surface area contributed by atoms with Crippen molar-refractivity contribution in [2.45, 2.75) is 6.61 Å². The van der Waals surface area contributed by atoms with E-state index in [1.54, 1.807) is 12.4 Å². The van der Waals surface area contributed by atoms with Gasteiger partial charge in [0.1, 0.15) is 6.61 Å². The Balaban J connectivity index is 1.96. The molecule has 2 aromatic rings. The summed E-state index contributed by atoms with van der Waals surface area (Å²) in [7, 11) is 0. The predicted molar refractivity (Wildman–Crippen MR) is 60.5 cm³/mol. The zero-order chi connectivity index (χ0) is 10.5. The molecule has 0 N–H and O–H groups in total. The summed E-state index contributed by atoms with van der Waals surface area (Å²) in [5.41, 5.74) is 1.13. The van der Waals surface area contributed by atoms with Crippen LogP contribution < -0.4 is 4.74 Å². The maximum absolute atomic E-state index is 5.50. The Hall–Kier alpha value is -1.42. The first-order chi connectivity index (χ1) is 7.34. The molecule has 0 aliphatic heterocycles. The lowest BCUT2D eigenvalue weighted by Gasteiger charge is -2.04. The second-order valence-electron chi connectivity index (χ2n) is 2.96. The lowest BCUT2D eigenvalue weighted by Crippen LogP contribution is -1.96. The Morgan fingerprint density at radius 2 is 1.73 bits per heavy atom. The van der Waals surface area contributed by atoms with Crippen LogP contribution in [0.3, 0.4) is 0 Å². The molecule has 0 saturated heterocycles. The van der Waals surface area contributed by atoms with Gasteiger partial charge in [-0.3, -0.25) is 0 Å². The number of ether oxygens (including phenoxy) is 1. The van der Waals surface area contributed by atoms with Gasteiger partial charge in [0.25, 0.3) is 0 Å². The van der Waals surface area contributed by atoms with Gasteiger partial charge in [-0.05, 0) is 21.5 Å². The van der Waals surface area contributed by atoms with E-state index < -0.39 is 0 Å². The van der Waals surface area contributed by atoms with Crippen LogP contribution in [0.15, 0.2) is 47.5 Å². The summed E-state index contributed by atoms with van der Waals surface area (Å²) in [5, 5.41) is 0. The predicted octanol–water partition coefficient (Wildman–Crippen LogP) is 2.82. The minimum Gasteiger partial charge on any atom is -0.486 e. The summed E-state index contributed by atoms with van der Waals surface area (Å²) >= 11 is 3.16. The van der Waals surface area contributed by atoms with Crippen LogP contribution in [0.1, 0.15) is 5.56 Å². The molecule has 0 atom stereocenters. The number of rotatable bonds is 3. The Bertz CT molecular complexity index is 416. The monoisotopic (exact) mass is 264 g/mol. The van der Waals surface area contributed by atoms with Crippen molar-refractivity contribution in [3.63, 3.8) is 0 Å². The van der Waals surface area contributed by atoms with Crippen molar-refractivity contribution in [1.29, 1.82) is 0 Å². The van der Waals surface area contributed by atoms with Crippen molar-refractivity contribution >= 4 is 15.9 Å². The number of hydrogen-bond acceptors (Lipinski definition) is 3. The highest BCUT2D eigenvalue weighted by Gasteiger charge is 1.96. The first kappa shape index (κ1) is 10.1. The SMILES string of the molecule is Brc1ncc(OCc2ccccc2)cn1. The maximum Gasteiger partial charge on any atom is 0.196 e. The summed E-state index contributed by atoms with van der Waals surface area (Å²) in [6.07, 6.45) is 3.28. The summed E-state index contributed by atoms with van der Waals surface area (Å²) in [6, 6.07) is 9.97. The molecule has 76 valence electrons. The number of halogens is 1. The molecule has 3 nitrogen and oxygen atoms in total. The van der Waals surface area contributed by atoms with Gasteiger partial charge in [-0.1, -0.05) is 30.3 Å². The number of hydrogen-bond donors (Lipinski definition) is 0. The average Bonchev–Trinajstić information content (AvgIpc) is 2.30. The fourth-order valence-corrected chi connectivity index (χ4v) is 1.32. The summed E-state index contributed by atoms with van der Waals surface area (Å²) in [5.74, 6) is 0.669. The third-order valence-corrected chi connectivity index (χ3v) is 2.25. The van der Waals surface area contributed by atoms with Gasteiger partial charge < -0.3 is 4.74 Å². The Morgan fingerprint density at radius 1 is 1.07 bits per heavy atom. The van der Waals surface area contributed by atoms with Crippen LogP contribution in [0.25, 0.3) is 0 Å². The molecule has 0 saturated carbocycles. The molecular formula is C11H9BrN2O. The zero-order valence-corrected chi connectivity index (χ0v) is 9.52. The normalized spacial score (nSPS) is 9.93. The van der Waals surface area contributed by atoms with E-state index in [4.69, 9.17) is 4.74 Å². The van der Waals surface area contributed by atoms with Gasteiger partial charge in [0.05, 0.1) is 12.4 Å². The van der Waals surface area contributed by atoms with Gasteiger partial charge >= 0.3 is 0 Å². The molecule has 15 heavy (non-hydrogen) atoms. The largest absolute Gasteiger partial charge is 0.486 e. The first-order valence-corrected chi connectivity index (χ1v) is 5.28. The number of benzene rings is 1. The van der Waals surface area contributed by atoms with Crippen LogP contribution in [0.4, 0.5) is 0 Å². The van der Waals surface area contributed by atoms with Crippen LogP contribution in [-0.2, 0) is 6.61 Å². The molecule has 0 radical (unpaired) electrons. The topological polar surface area (TPSA) is 35.0 Å². The van der Waals surface area contributed by atoms with E-state index in [0.29, 0.717) is 17.1 Å². The van der Waals surface area contributed by atoms with Gasteiger partial charge in [-0.25, -0.2) is 9.97 Å². The van der Waals surface area contributed by atoms with Gasteiger partial charge in [0, 0.05) is 0 Å². The van der Waals surface area contributed by atoms with Crippen LogP contribution in [0.2, 0.25) is 0 Å². The maximum atomic E-state index is 5.50. The van der Waals surface area contributed by atoms with E-state index in [-0.39, 0.29) is 0 Å². The van der Waals surface area contributed by atoms with Crippen LogP contribution in [0, 0.1) is 0 Å². The Labute approximate surface area is 96.3 Å². The molecule has 1 heterocycles. The number of nitrogens with zero attached hydrogens (tertiary/aromatic N) is 2. The minimum absolute atomic E-state index is 0.534. The van der Waals surface area contributed by atoms with Gasteiger partial charge in [0.15, 0.2) is 10.5 Å². The molecule has 0 aliphatic rings. The molecule has 1 aromatic heterocycles. The highest BCUT2D eigenvalue weighted by Crippen LogP contribution is 2.11. The van der Waals surface area contributed by atoms with E-state index in [0.717, 1.165) is 5.56 Å². The van der Waals surface area contributed by atoms with E-state index in [1.165, 1.54) is 0 Å². The van der Waals surface area contributed by atoms with Gasteiger partial charge in [-0.2, -0.15) is 0 Å². The average molecular weight is 265 g/mol. The van der Waals surface area contributed by atoms with Crippen molar-refractivity contribution in [3.05, 3.63) is 53.0 Å². The van der Waals surface area contributed by atoms with Gasteiger partial charge in [0.2, 0.25) is 0 Å². The summed E-state index contributed by atoms with van der Waals surface area (Å²) in [6.45, 7) is 0.534. The summed E-state index contributed by atoms with van der Waals surface area (Å²) in [4.78, 5) is 7.94. The second-order valence-corrected chi connectivity index (χ2v) is 3.67. The van der Waals surface area contributed by atoms with Crippen LogP contribution in [0.5, 0.6) is 5.75 Å². The lowest BCUT2D eigenvalue weighted by atomic mass is 10.2. The molecule has 0 amide bonds. The molecule has 0 unspecified atom stereocenters. The second kappa shape index (κ2) is 4.89. The molecule has 0 spiro atoms. The molecule has 0 fully saturated rings. The van der Waals surface area contributed by atoms with E-state index in [1.807, 2.05) is 30.3 Å². The molecular weight excluding hydrogens is 256 g/mol. The minimum atomic E-state index is 0.534. The standard InChI is InChI=1S/C11H9BrN2O/c12-11-13-6-10(7-14-11)15-8-9-4-2-1-3-5-9/h1-7H,8H2. The van der Waals surface area contributed by atoms with Gasteiger partial charge in [-0.15, -0.1) is 0 Å². The number of aromatic nitrogens is 2. The van der Waals surface area contributed by atoms with Crippen LogP contribution in [-0.4, -0.2) is 9.97 Å². The molecule has 2 rings (SSSR count). The molecule has 0 bridgehead atoms. The molecule has 4 heteroatoms. The highest BCUT2D eigenvalue weighted by atomic mass is 79.9. The fourth-order valence-electron chi connectivity index (χ4n) is 1.12. The van der Waals surface area contributed by atoms with Crippen molar-refractivity contribution < 1.29 is 4.74 Å². The van der Waals surface area contributed by atoms with Crippen LogP contribution >= 0.6 is 15.9 Å². The van der Waals surface area contributed by atoms with Crippen molar-refractivity contribution in [1.82, 2.24) is 9.97 Å². The first-order valence-electron chi connectivity index (χ1n) is 4.49. The van der Waals surface area contributed by atoms with Crippen molar-refractivity contribution in [2.24, 2.45) is 0 Å². The third kappa shape index (κ3) is 3.02. The third-order valence-electron chi connectivity index (χ3n) is 1.84. The van der Waals surface area contributed by atoms with Crippen molar-refractivity contribution in [3.8, 4) is 5.75 Å². The van der Waals surface area contributed by atoms with E-state index in [9.17, 15) is 0 Å². The lowest BCUT2D eigenvalue weighted by molar-refractivity contribution is 0.303. The Kier molecular flexibility index (Phi) is 3.29. The smallest absolute Gasteiger partial charge is 0.196 e. The summed E-state index contributed by atoms with van der Waals surface area (Å²) < 4.78 is 6.07. The highest BCUT2D eigenvalue weighted by molar-refractivity contribution is 9.10. The fraction of sp³-hybridized carbons (Fsp3) is 0.0909.